The van der Waals surface area contributed by atoms with Crippen LogP contribution < -0.4 is 0 Å². The molecule has 0 aliphatic rings. The number of thiophene rings is 1. The van der Waals surface area contributed by atoms with Crippen molar-refractivity contribution in [2.45, 2.75) is 19.6 Å². The number of aromatic nitrogens is 3. The molecule has 0 unspecified atom stereocenters. The lowest BCUT2D eigenvalue weighted by molar-refractivity contribution is 0.244. The van der Waals surface area contributed by atoms with Crippen LogP contribution in [0.15, 0.2) is 47.5 Å². The van der Waals surface area contributed by atoms with Crippen molar-refractivity contribution in [2.75, 3.05) is 0 Å². The van der Waals surface area contributed by atoms with Gasteiger partial charge in [-0.25, -0.2) is 0 Å². The predicted octanol–water partition coefficient (Wildman–Crippen LogP) is 3.73. The highest BCUT2D eigenvalue weighted by Crippen LogP contribution is 2.19. The average Bonchev–Trinajstić information content (AvgIpc) is 3.10. The minimum Gasteiger partial charge on any atom is -0.289 e. The van der Waals surface area contributed by atoms with Crippen molar-refractivity contribution >= 4 is 22.9 Å². The number of rotatable bonds is 6. The Hall–Kier alpha value is -1.69. The summed E-state index contributed by atoms with van der Waals surface area (Å²) in [7, 11) is 1.89. The zero-order chi connectivity index (χ0) is 15.4. The van der Waals surface area contributed by atoms with Crippen molar-refractivity contribution in [2.24, 2.45) is 7.05 Å². The van der Waals surface area contributed by atoms with Gasteiger partial charge in [-0.05, 0) is 34.0 Å². The molecule has 0 fully saturated rings. The van der Waals surface area contributed by atoms with Gasteiger partial charge in [-0.2, -0.15) is 16.4 Å². The van der Waals surface area contributed by atoms with Gasteiger partial charge in [0.2, 0.25) is 0 Å². The fourth-order valence-electron chi connectivity index (χ4n) is 2.38. The highest BCUT2D eigenvalue weighted by molar-refractivity contribution is 7.07. The maximum atomic E-state index is 6.25. The van der Waals surface area contributed by atoms with Gasteiger partial charge < -0.3 is 0 Å². The number of pyridine rings is 1. The number of halogens is 1. The molecule has 0 radical (unpaired) electrons. The van der Waals surface area contributed by atoms with E-state index in [0.29, 0.717) is 11.6 Å². The lowest BCUT2D eigenvalue weighted by Gasteiger charge is -2.21. The van der Waals surface area contributed by atoms with Crippen molar-refractivity contribution in [1.82, 2.24) is 19.7 Å². The second kappa shape index (κ2) is 7.05. The van der Waals surface area contributed by atoms with E-state index >= 15 is 0 Å². The van der Waals surface area contributed by atoms with Gasteiger partial charge in [0.1, 0.15) is 0 Å². The van der Waals surface area contributed by atoms with Crippen LogP contribution in [0.25, 0.3) is 0 Å². The third kappa shape index (κ3) is 3.94. The second-order valence-electron chi connectivity index (χ2n) is 5.24. The van der Waals surface area contributed by atoms with E-state index in [1.807, 2.05) is 25.5 Å². The first kappa shape index (κ1) is 15.2. The lowest BCUT2D eigenvalue weighted by atomic mass is 10.2. The molecule has 0 saturated carbocycles. The summed E-state index contributed by atoms with van der Waals surface area (Å²) in [4.78, 5) is 6.52. The van der Waals surface area contributed by atoms with Crippen LogP contribution >= 0.6 is 22.9 Å². The highest BCUT2D eigenvalue weighted by atomic mass is 35.5. The van der Waals surface area contributed by atoms with Gasteiger partial charge in [0.05, 0.1) is 10.7 Å². The topological polar surface area (TPSA) is 34.0 Å². The van der Waals surface area contributed by atoms with E-state index in [2.05, 4.69) is 37.9 Å². The van der Waals surface area contributed by atoms with Gasteiger partial charge in [-0.1, -0.05) is 17.7 Å². The maximum Gasteiger partial charge on any atom is 0.0950 e. The summed E-state index contributed by atoms with van der Waals surface area (Å²) < 4.78 is 1.75. The first-order chi connectivity index (χ1) is 10.7. The summed E-state index contributed by atoms with van der Waals surface area (Å²) in [6.07, 6.45) is 5.53. The van der Waals surface area contributed by atoms with Gasteiger partial charge >= 0.3 is 0 Å². The average molecular weight is 333 g/mol. The van der Waals surface area contributed by atoms with Crippen molar-refractivity contribution in [1.29, 1.82) is 0 Å². The molecule has 0 aliphatic heterocycles. The van der Waals surface area contributed by atoms with Crippen molar-refractivity contribution in [3.05, 3.63) is 69.4 Å². The van der Waals surface area contributed by atoms with E-state index in [4.69, 9.17) is 11.6 Å². The molecule has 0 N–H and O–H groups in total. The fraction of sp³-hybridized carbons (Fsp3) is 0.250. The zero-order valence-corrected chi connectivity index (χ0v) is 13.9. The van der Waals surface area contributed by atoms with E-state index < -0.39 is 0 Å². The molecule has 114 valence electrons. The summed E-state index contributed by atoms with van der Waals surface area (Å²) in [5.74, 6) is 0. The summed E-state index contributed by atoms with van der Waals surface area (Å²) >= 11 is 7.97. The third-order valence-electron chi connectivity index (χ3n) is 3.34. The Kier molecular flexibility index (Phi) is 4.87. The molecule has 3 aromatic heterocycles. The largest absolute Gasteiger partial charge is 0.289 e. The third-order valence-corrected chi connectivity index (χ3v) is 4.39. The predicted molar refractivity (Wildman–Crippen MR) is 89.7 cm³/mol. The molecular weight excluding hydrogens is 316 g/mol. The highest BCUT2D eigenvalue weighted by Gasteiger charge is 2.13. The van der Waals surface area contributed by atoms with Gasteiger partial charge in [0.25, 0.3) is 0 Å². The summed E-state index contributed by atoms with van der Waals surface area (Å²) in [6.45, 7) is 2.40. The van der Waals surface area contributed by atoms with Crippen molar-refractivity contribution < 1.29 is 0 Å². The van der Waals surface area contributed by atoms with E-state index in [1.54, 1.807) is 22.2 Å². The minimum atomic E-state index is 0.712. The van der Waals surface area contributed by atoms with Gasteiger partial charge in [-0.3, -0.25) is 14.6 Å². The number of nitrogens with zero attached hydrogens (tertiary/aromatic N) is 4. The molecule has 0 bridgehead atoms. The molecular formula is C16H17ClN4S. The van der Waals surface area contributed by atoms with E-state index in [-0.39, 0.29) is 0 Å². The van der Waals surface area contributed by atoms with Gasteiger partial charge in [-0.15, -0.1) is 0 Å². The summed E-state index contributed by atoms with van der Waals surface area (Å²) in [6, 6.07) is 6.21. The molecule has 0 saturated heterocycles. The smallest absolute Gasteiger partial charge is 0.0950 e. The van der Waals surface area contributed by atoms with E-state index in [0.717, 1.165) is 18.8 Å². The normalized spacial score (nSPS) is 11.2. The van der Waals surface area contributed by atoms with Crippen LogP contribution in [0.4, 0.5) is 0 Å². The Balaban J connectivity index is 1.77. The molecule has 3 rings (SSSR count). The monoisotopic (exact) mass is 332 g/mol. The molecule has 0 amide bonds. The van der Waals surface area contributed by atoms with Crippen LogP contribution in [0, 0.1) is 0 Å². The molecule has 3 aromatic rings. The Bertz CT molecular complexity index is 709. The van der Waals surface area contributed by atoms with E-state index in [1.165, 1.54) is 11.1 Å². The number of hydrogen-bond donors (Lipinski definition) is 0. The second-order valence-corrected chi connectivity index (χ2v) is 6.42. The van der Waals surface area contributed by atoms with Crippen LogP contribution in [0.1, 0.15) is 16.8 Å². The van der Waals surface area contributed by atoms with Crippen LogP contribution in [0.3, 0.4) is 0 Å². The minimum absolute atomic E-state index is 0.712. The van der Waals surface area contributed by atoms with Crippen LogP contribution in [0.5, 0.6) is 0 Å². The lowest BCUT2D eigenvalue weighted by Crippen LogP contribution is -2.22. The van der Waals surface area contributed by atoms with E-state index in [9.17, 15) is 0 Å². The quantitative estimate of drug-likeness (QED) is 0.689. The molecule has 22 heavy (non-hydrogen) atoms. The zero-order valence-electron chi connectivity index (χ0n) is 12.3. The molecule has 0 spiro atoms. The Morgan fingerprint density at radius 3 is 2.73 bits per heavy atom. The summed E-state index contributed by atoms with van der Waals surface area (Å²) in [5, 5.41) is 9.44. The molecule has 0 aliphatic carbocycles. The number of hydrogen-bond acceptors (Lipinski definition) is 4. The standard InChI is InChI=1S/C16H17ClN4S/c1-20-10-15(17)16(19-20)11-21(9-14-4-6-22-12-14)8-13-3-2-5-18-7-13/h2-7,10,12H,8-9,11H2,1H3. The summed E-state index contributed by atoms with van der Waals surface area (Å²) in [5.41, 5.74) is 3.40. The Morgan fingerprint density at radius 1 is 1.23 bits per heavy atom. The Morgan fingerprint density at radius 2 is 2.09 bits per heavy atom. The fourth-order valence-corrected chi connectivity index (χ4v) is 3.28. The molecule has 6 heteroatoms. The molecule has 4 nitrogen and oxygen atoms in total. The molecule has 3 heterocycles. The molecule has 0 aromatic carbocycles. The number of aryl methyl sites for hydroxylation is 1. The SMILES string of the molecule is Cn1cc(Cl)c(CN(Cc2cccnc2)Cc2ccsc2)n1. The van der Waals surface area contributed by atoms with Crippen LogP contribution in [0.2, 0.25) is 5.02 Å². The Labute approximate surface area is 139 Å². The maximum absolute atomic E-state index is 6.25. The van der Waals surface area contributed by atoms with Crippen molar-refractivity contribution in [3.63, 3.8) is 0 Å². The first-order valence-electron chi connectivity index (χ1n) is 7.01. The molecule has 0 atom stereocenters. The van der Waals surface area contributed by atoms with Gasteiger partial charge in [0.15, 0.2) is 0 Å². The van der Waals surface area contributed by atoms with Crippen LogP contribution in [-0.2, 0) is 26.7 Å². The van der Waals surface area contributed by atoms with Crippen molar-refractivity contribution in [3.8, 4) is 0 Å². The van der Waals surface area contributed by atoms with Crippen LogP contribution in [-0.4, -0.2) is 19.7 Å². The van der Waals surface area contributed by atoms with Gasteiger partial charge in [0, 0.05) is 45.3 Å². The first-order valence-corrected chi connectivity index (χ1v) is 8.33.